The van der Waals surface area contributed by atoms with E-state index in [1.165, 1.54) is 32.1 Å². The summed E-state index contributed by atoms with van der Waals surface area (Å²) in [5.74, 6) is 1.78. The van der Waals surface area contributed by atoms with Crippen molar-refractivity contribution < 1.29 is 19.2 Å². The van der Waals surface area contributed by atoms with Crippen molar-refractivity contribution in [3.05, 3.63) is 78.0 Å². The van der Waals surface area contributed by atoms with E-state index in [0.717, 1.165) is 33.6 Å². The summed E-state index contributed by atoms with van der Waals surface area (Å²) in [6.07, 6.45) is 7.87. The van der Waals surface area contributed by atoms with Gasteiger partial charge in [0.05, 0.1) is 5.41 Å². The van der Waals surface area contributed by atoms with E-state index in [1.807, 2.05) is 73.7 Å². The van der Waals surface area contributed by atoms with Crippen molar-refractivity contribution in [2.75, 3.05) is 5.32 Å². The molecule has 2 aromatic carbocycles. The summed E-state index contributed by atoms with van der Waals surface area (Å²) in [7, 11) is 0. The highest BCUT2D eigenvalue weighted by Crippen LogP contribution is 2.48. The largest absolute Gasteiger partial charge is 0.481 e. The first-order valence-corrected chi connectivity index (χ1v) is 14.2. The Morgan fingerprint density at radius 2 is 1.62 bits per heavy atom. The van der Waals surface area contributed by atoms with Gasteiger partial charge in [-0.2, -0.15) is 4.98 Å². The number of nitrogens with one attached hydrogen (secondary N) is 1. The van der Waals surface area contributed by atoms with E-state index in [-0.39, 0.29) is 6.10 Å². The third-order valence-electron chi connectivity index (χ3n) is 8.54. The molecule has 2 N–H and O–H groups in total. The number of carboxylic acids is 1. The van der Waals surface area contributed by atoms with Gasteiger partial charge in [-0.3, -0.25) is 4.79 Å². The predicted octanol–water partition coefficient (Wildman–Crippen LogP) is 7.92. The lowest BCUT2D eigenvalue weighted by Crippen LogP contribution is -2.26. The van der Waals surface area contributed by atoms with Gasteiger partial charge in [-0.15, -0.1) is 0 Å². The van der Waals surface area contributed by atoms with Crippen molar-refractivity contribution in [1.29, 1.82) is 0 Å². The second-order valence-corrected chi connectivity index (χ2v) is 11.2. The summed E-state index contributed by atoms with van der Waals surface area (Å²) >= 11 is 0. The fraction of sp³-hybridized carbons (Fsp3) is 0.364. The van der Waals surface area contributed by atoms with Crippen LogP contribution in [0.25, 0.3) is 22.5 Å². The van der Waals surface area contributed by atoms with Crippen LogP contribution in [0.5, 0.6) is 5.88 Å². The van der Waals surface area contributed by atoms with Crippen LogP contribution in [-0.4, -0.2) is 27.3 Å². The second kappa shape index (κ2) is 10.8. The molecule has 2 aliphatic rings. The Morgan fingerprint density at radius 3 is 2.27 bits per heavy atom. The minimum Gasteiger partial charge on any atom is -0.481 e. The summed E-state index contributed by atoms with van der Waals surface area (Å²) in [5.41, 5.74) is 4.66. The number of carbonyl (C=O) groups is 1. The Hall–Kier alpha value is -4.13. The maximum Gasteiger partial charge on any atom is 0.314 e. The number of hydrogen-bond donors (Lipinski definition) is 2. The molecule has 0 amide bonds. The zero-order valence-electron chi connectivity index (χ0n) is 23.0. The van der Waals surface area contributed by atoms with E-state index in [1.54, 1.807) is 0 Å². The average Bonchev–Trinajstić information content (AvgIpc) is 3.73. The Kier molecular flexibility index (Phi) is 7.05. The molecule has 6 rings (SSSR count). The molecule has 0 saturated heterocycles. The number of rotatable bonds is 9. The summed E-state index contributed by atoms with van der Waals surface area (Å²) in [4.78, 5) is 16.4. The molecule has 0 radical (unpaired) electrons. The molecule has 2 saturated carbocycles. The van der Waals surface area contributed by atoms with E-state index >= 15 is 0 Å². The monoisotopic (exact) mass is 537 g/mol. The third-order valence-corrected chi connectivity index (χ3v) is 8.54. The summed E-state index contributed by atoms with van der Waals surface area (Å²) < 4.78 is 12.0. The summed E-state index contributed by atoms with van der Waals surface area (Å²) in [6, 6.07) is 21.7. The molecule has 0 spiro atoms. The average molecular weight is 538 g/mol. The number of pyridine rings is 1. The maximum atomic E-state index is 11.6. The Balaban J connectivity index is 1.17. The molecule has 1 atom stereocenters. The van der Waals surface area contributed by atoms with Crippen molar-refractivity contribution >= 4 is 17.5 Å². The molecule has 0 bridgehead atoms. The highest BCUT2D eigenvalue weighted by molar-refractivity contribution is 5.85. The fourth-order valence-corrected chi connectivity index (χ4v) is 5.83. The van der Waals surface area contributed by atoms with Crippen molar-refractivity contribution in [2.24, 2.45) is 5.92 Å². The minimum absolute atomic E-state index is 0.137. The van der Waals surface area contributed by atoms with Crippen molar-refractivity contribution in [2.45, 2.75) is 70.3 Å². The first-order chi connectivity index (χ1) is 19.4. The number of aromatic nitrogens is 2. The van der Waals surface area contributed by atoms with Crippen LogP contribution in [0.1, 0.15) is 63.1 Å². The Bertz CT molecular complexity index is 1480. The number of aliphatic carboxylic acids is 1. The van der Waals surface area contributed by atoms with Crippen LogP contribution in [-0.2, 0) is 10.2 Å². The van der Waals surface area contributed by atoms with Gasteiger partial charge < -0.3 is 19.7 Å². The van der Waals surface area contributed by atoms with Crippen LogP contribution < -0.4 is 10.1 Å². The van der Waals surface area contributed by atoms with Gasteiger partial charge in [0.1, 0.15) is 23.3 Å². The van der Waals surface area contributed by atoms with Crippen LogP contribution in [0.2, 0.25) is 0 Å². The van der Waals surface area contributed by atoms with Crippen LogP contribution in [0.4, 0.5) is 11.5 Å². The van der Waals surface area contributed by atoms with E-state index in [0.29, 0.717) is 36.2 Å². The fourth-order valence-electron chi connectivity index (χ4n) is 5.83. The van der Waals surface area contributed by atoms with Crippen LogP contribution in [0, 0.1) is 12.8 Å². The number of benzene rings is 2. The van der Waals surface area contributed by atoms with Gasteiger partial charge in [-0.05, 0) is 68.2 Å². The van der Waals surface area contributed by atoms with Crippen molar-refractivity contribution in [1.82, 2.24) is 10.1 Å². The number of nitrogens with zero attached hydrogens (tertiary/aromatic N) is 2. The number of hydrogen-bond acceptors (Lipinski definition) is 6. The number of ether oxygens (including phenoxy) is 1. The van der Waals surface area contributed by atoms with Gasteiger partial charge in [-0.25, -0.2) is 0 Å². The molecule has 2 aliphatic carbocycles. The van der Waals surface area contributed by atoms with Gasteiger partial charge in [-0.1, -0.05) is 79.0 Å². The van der Waals surface area contributed by atoms with Gasteiger partial charge in [0.2, 0.25) is 5.88 Å². The minimum atomic E-state index is -0.736. The first kappa shape index (κ1) is 26.1. The third kappa shape index (κ3) is 5.20. The second-order valence-electron chi connectivity index (χ2n) is 11.2. The summed E-state index contributed by atoms with van der Waals surface area (Å²) in [5, 5.41) is 17.2. The molecule has 40 heavy (non-hydrogen) atoms. The number of carboxylic acid groups (broad SMARTS) is 1. The number of aryl methyl sites for hydroxylation is 1. The van der Waals surface area contributed by atoms with Crippen LogP contribution in [0.15, 0.2) is 71.3 Å². The van der Waals surface area contributed by atoms with Crippen molar-refractivity contribution in [3.8, 4) is 28.3 Å². The molecule has 0 aliphatic heterocycles. The lowest BCUT2D eigenvalue weighted by molar-refractivity contribution is -0.140. The molecule has 1 unspecified atom stereocenters. The lowest BCUT2D eigenvalue weighted by Gasteiger charge is -2.27. The Labute approximate surface area is 234 Å². The molecular weight excluding hydrogens is 502 g/mol. The molecule has 7 nitrogen and oxygen atoms in total. The van der Waals surface area contributed by atoms with E-state index in [2.05, 4.69) is 17.4 Å². The van der Waals surface area contributed by atoms with Gasteiger partial charge in [0.15, 0.2) is 5.76 Å². The van der Waals surface area contributed by atoms with E-state index in [4.69, 9.17) is 14.2 Å². The highest BCUT2D eigenvalue weighted by atomic mass is 16.5. The van der Waals surface area contributed by atoms with Crippen LogP contribution in [0.3, 0.4) is 0 Å². The molecular formula is C33H35N3O4. The normalized spacial score (nSPS) is 17.2. The molecule has 2 heterocycles. The molecule has 4 aromatic rings. The van der Waals surface area contributed by atoms with E-state index in [9.17, 15) is 9.90 Å². The van der Waals surface area contributed by atoms with Crippen molar-refractivity contribution in [3.63, 3.8) is 0 Å². The molecule has 2 fully saturated rings. The first-order valence-electron chi connectivity index (χ1n) is 14.2. The Morgan fingerprint density at radius 1 is 0.975 bits per heavy atom. The zero-order chi connectivity index (χ0) is 27.7. The molecule has 206 valence electrons. The van der Waals surface area contributed by atoms with E-state index < -0.39 is 11.4 Å². The molecule has 7 heteroatoms. The smallest absolute Gasteiger partial charge is 0.314 e. The quantitative estimate of drug-likeness (QED) is 0.224. The standard InChI is InChI=1S/C33H35N3O4/c1-21-30(35-28-9-6-10-29(34-28)39-22(2)23-7-4-3-5-8-23)31(40-36-21)26-13-11-24(12-14-26)25-15-17-27(18-16-25)33(19-20-33)32(37)38/h6,9-18,22-23H,3-5,7-8,19-20H2,1-2H3,(H,34,35)(H,37,38). The summed E-state index contributed by atoms with van der Waals surface area (Å²) in [6.45, 7) is 4.05. The number of anilines is 2. The lowest BCUT2D eigenvalue weighted by atomic mass is 9.86. The SMILES string of the molecule is Cc1noc(-c2ccc(-c3ccc(C4(C(=O)O)CC4)cc3)cc2)c1Nc1cccc(OC(C)C2CCCCC2)n1. The topological polar surface area (TPSA) is 97.5 Å². The van der Waals surface area contributed by atoms with Crippen LogP contribution >= 0.6 is 0 Å². The van der Waals surface area contributed by atoms with Gasteiger partial charge in [0.25, 0.3) is 0 Å². The highest BCUT2D eigenvalue weighted by Gasteiger charge is 2.51. The predicted molar refractivity (Wildman–Crippen MR) is 155 cm³/mol. The molecule has 2 aromatic heterocycles. The van der Waals surface area contributed by atoms with Gasteiger partial charge in [0, 0.05) is 11.6 Å². The van der Waals surface area contributed by atoms with Gasteiger partial charge >= 0.3 is 5.97 Å². The zero-order valence-corrected chi connectivity index (χ0v) is 23.0. The maximum absolute atomic E-state index is 11.6.